The molecule has 0 saturated carbocycles. The number of hydrogen-bond acceptors (Lipinski definition) is 1. The highest BCUT2D eigenvalue weighted by molar-refractivity contribution is 5.95. The van der Waals surface area contributed by atoms with Crippen LogP contribution in [0.5, 0.6) is 0 Å². The number of aryl methyl sites for hydroxylation is 2. The molecular formula is C22H33N. The first-order chi connectivity index (χ1) is 11.2. The van der Waals surface area contributed by atoms with Crippen molar-refractivity contribution >= 4 is 5.71 Å². The number of aliphatic imine (C=N–C) groups is 1. The fourth-order valence-electron chi connectivity index (χ4n) is 2.64. The number of rotatable bonds is 11. The van der Waals surface area contributed by atoms with E-state index < -0.39 is 0 Å². The highest BCUT2D eigenvalue weighted by atomic mass is 14.7. The molecule has 1 rings (SSSR count). The molecule has 0 bridgehead atoms. The van der Waals surface area contributed by atoms with Crippen LogP contribution >= 0.6 is 0 Å². The Morgan fingerprint density at radius 3 is 2.04 bits per heavy atom. The van der Waals surface area contributed by atoms with Gasteiger partial charge in [-0.3, -0.25) is 4.99 Å². The van der Waals surface area contributed by atoms with Gasteiger partial charge in [0, 0.05) is 11.4 Å². The molecule has 0 fully saturated rings. The van der Waals surface area contributed by atoms with E-state index in [9.17, 15) is 0 Å². The predicted molar refractivity (Wildman–Crippen MR) is 104 cm³/mol. The first-order valence-electron chi connectivity index (χ1n) is 9.16. The number of benzene rings is 1. The molecule has 0 aromatic heterocycles. The SMILES string of the molecule is C=CC(CCC)=N/C(=C\C)CCCc1ccc(CCCC)cc1. The Morgan fingerprint density at radius 1 is 0.957 bits per heavy atom. The summed E-state index contributed by atoms with van der Waals surface area (Å²) >= 11 is 0. The zero-order chi connectivity index (χ0) is 16.9. The van der Waals surface area contributed by atoms with E-state index in [0.29, 0.717) is 0 Å². The summed E-state index contributed by atoms with van der Waals surface area (Å²) in [5, 5.41) is 0. The summed E-state index contributed by atoms with van der Waals surface area (Å²) in [6.45, 7) is 10.4. The van der Waals surface area contributed by atoms with Crippen molar-refractivity contribution in [2.45, 2.75) is 72.1 Å². The summed E-state index contributed by atoms with van der Waals surface area (Å²) in [4.78, 5) is 4.74. The summed E-state index contributed by atoms with van der Waals surface area (Å²) < 4.78 is 0. The van der Waals surface area contributed by atoms with Crippen molar-refractivity contribution in [2.24, 2.45) is 4.99 Å². The highest BCUT2D eigenvalue weighted by Crippen LogP contribution is 2.14. The lowest BCUT2D eigenvalue weighted by Gasteiger charge is -2.06. The van der Waals surface area contributed by atoms with Gasteiger partial charge in [-0.15, -0.1) is 0 Å². The summed E-state index contributed by atoms with van der Waals surface area (Å²) in [5.41, 5.74) is 5.19. The molecule has 1 heteroatoms. The summed E-state index contributed by atoms with van der Waals surface area (Å²) in [6, 6.07) is 9.15. The van der Waals surface area contributed by atoms with Crippen molar-refractivity contribution in [3.8, 4) is 0 Å². The van der Waals surface area contributed by atoms with Gasteiger partial charge in [0.1, 0.15) is 0 Å². The molecule has 0 saturated heterocycles. The van der Waals surface area contributed by atoms with E-state index in [0.717, 1.165) is 37.8 Å². The first kappa shape index (κ1) is 19.4. The van der Waals surface area contributed by atoms with Gasteiger partial charge in [-0.25, -0.2) is 0 Å². The van der Waals surface area contributed by atoms with E-state index in [4.69, 9.17) is 4.99 Å². The largest absolute Gasteiger partial charge is 0.258 e. The zero-order valence-electron chi connectivity index (χ0n) is 15.3. The third kappa shape index (κ3) is 7.97. The Bertz CT molecular complexity index is 505. The Balaban J connectivity index is 2.46. The van der Waals surface area contributed by atoms with Crippen LogP contribution in [0.1, 0.15) is 70.4 Å². The molecule has 0 unspecified atom stereocenters. The van der Waals surface area contributed by atoms with Crippen molar-refractivity contribution in [3.63, 3.8) is 0 Å². The molecule has 0 aliphatic rings. The molecule has 126 valence electrons. The Morgan fingerprint density at radius 2 is 1.57 bits per heavy atom. The second kappa shape index (κ2) is 11.9. The van der Waals surface area contributed by atoms with Crippen LogP contribution in [-0.2, 0) is 12.8 Å². The summed E-state index contributed by atoms with van der Waals surface area (Å²) in [6.07, 6.45) is 13.2. The lowest BCUT2D eigenvalue weighted by Crippen LogP contribution is -1.95. The fourth-order valence-corrected chi connectivity index (χ4v) is 2.64. The van der Waals surface area contributed by atoms with Gasteiger partial charge in [-0.2, -0.15) is 0 Å². The number of nitrogens with zero attached hydrogens (tertiary/aromatic N) is 1. The lowest BCUT2D eigenvalue weighted by molar-refractivity contribution is 0.789. The third-order valence-corrected chi connectivity index (χ3v) is 4.10. The van der Waals surface area contributed by atoms with Crippen molar-refractivity contribution in [2.75, 3.05) is 0 Å². The van der Waals surface area contributed by atoms with Gasteiger partial charge >= 0.3 is 0 Å². The quantitative estimate of drug-likeness (QED) is 0.404. The molecule has 0 radical (unpaired) electrons. The molecule has 0 aliphatic heterocycles. The van der Waals surface area contributed by atoms with Crippen LogP contribution < -0.4 is 0 Å². The van der Waals surface area contributed by atoms with E-state index in [1.165, 1.54) is 36.1 Å². The highest BCUT2D eigenvalue weighted by Gasteiger charge is 2.00. The van der Waals surface area contributed by atoms with Gasteiger partial charge in [-0.05, 0) is 62.7 Å². The molecule has 1 aromatic carbocycles. The minimum Gasteiger partial charge on any atom is -0.258 e. The molecule has 23 heavy (non-hydrogen) atoms. The molecule has 0 aliphatic carbocycles. The van der Waals surface area contributed by atoms with E-state index >= 15 is 0 Å². The maximum atomic E-state index is 4.74. The Kier molecular flexibility index (Phi) is 10.0. The minimum absolute atomic E-state index is 1.01. The van der Waals surface area contributed by atoms with Gasteiger partial charge in [-0.1, -0.05) is 63.6 Å². The van der Waals surface area contributed by atoms with Crippen LogP contribution in [0.15, 0.2) is 53.7 Å². The van der Waals surface area contributed by atoms with Gasteiger partial charge in [0.2, 0.25) is 0 Å². The molecule has 0 spiro atoms. The first-order valence-corrected chi connectivity index (χ1v) is 9.16. The van der Waals surface area contributed by atoms with Gasteiger partial charge in [0.15, 0.2) is 0 Å². The van der Waals surface area contributed by atoms with Crippen molar-refractivity contribution in [3.05, 3.63) is 59.8 Å². The Labute approximate surface area is 143 Å². The maximum absolute atomic E-state index is 4.74. The molecular weight excluding hydrogens is 278 g/mol. The molecule has 0 amide bonds. The van der Waals surface area contributed by atoms with E-state index in [-0.39, 0.29) is 0 Å². The van der Waals surface area contributed by atoms with Crippen LogP contribution in [0.4, 0.5) is 0 Å². The van der Waals surface area contributed by atoms with Gasteiger partial charge in [0.05, 0.1) is 0 Å². The topological polar surface area (TPSA) is 12.4 Å². The molecule has 1 nitrogen and oxygen atoms in total. The Hall–Kier alpha value is -1.63. The second-order valence-electron chi connectivity index (χ2n) is 6.11. The monoisotopic (exact) mass is 311 g/mol. The van der Waals surface area contributed by atoms with Crippen molar-refractivity contribution < 1.29 is 0 Å². The average Bonchev–Trinajstić information content (AvgIpc) is 2.59. The van der Waals surface area contributed by atoms with Crippen LogP contribution in [0.2, 0.25) is 0 Å². The van der Waals surface area contributed by atoms with Crippen LogP contribution in [0.3, 0.4) is 0 Å². The van der Waals surface area contributed by atoms with Gasteiger partial charge in [0.25, 0.3) is 0 Å². The van der Waals surface area contributed by atoms with Crippen molar-refractivity contribution in [1.29, 1.82) is 0 Å². The second-order valence-corrected chi connectivity index (χ2v) is 6.11. The average molecular weight is 312 g/mol. The smallest absolute Gasteiger partial charge is 0.0400 e. The molecule has 0 N–H and O–H groups in total. The molecule has 0 heterocycles. The van der Waals surface area contributed by atoms with Crippen LogP contribution in [-0.4, -0.2) is 5.71 Å². The van der Waals surface area contributed by atoms with E-state index in [1.807, 2.05) is 6.08 Å². The summed E-state index contributed by atoms with van der Waals surface area (Å²) in [7, 11) is 0. The number of unbranched alkanes of at least 4 members (excludes halogenated alkanes) is 1. The number of hydrogen-bond donors (Lipinski definition) is 0. The van der Waals surface area contributed by atoms with Crippen LogP contribution in [0.25, 0.3) is 0 Å². The predicted octanol–water partition coefficient (Wildman–Crippen LogP) is 6.68. The normalized spacial score (nSPS) is 12.5. The van der Waals surface area contributed by atoms with E-state index in [2.05, 4.69) is 57.7 Å². The lowest BCUT2D eigenvalue weighted by atomic mass is 10.0. The maximum Gasteiger partial charge on any atom is 0.0400 e. The summed E-state index contributed by atoms with van der Waals surface area (Å²) in [5.74, 6) is 0. The standard InChI is InChI=1S/C22H33N/c1-5-9-12-19-15-17-20(18-16-19)13-10-14-22(8-4)23-21(7-3)11-6-2/h7-8,15-18H,3,5-6,9-14H2,1-2,4H3/b22-8-,23-21?. The van der Waals surface area contributed by atoms with E-state index in [1.54, 1.807) is 0 Å². The fraction of sp³-hybridized carbons (Fsp3) is 0.500. The zero-order valence-corrected chi connectivity index (χ0v) is 15.3. The minimum atomic E-state index is 1.01. The number of allylic oxidation sites excluding steroid dienone is 3. The third-order valence-electron chi connectivity index (χ3n) is 4.10. The van der Waals surface area contributed by atoms with Gasteiger partial charge < -0.3 is 0 Å². The van der Waals surface area contributed by atoms with Crippen LogP contribution in [0, 0.1) is 0 Å². The molecule has 0 atom stereocenters. The van der Waals surface area contributed by atoms with Crippen molar-refractivity contribution in [1.82, 2.24) is 0 Å². The molecule has 1 aromatic rings.